The lowest BCUT2D eigenvalue weighted by atomic mass is 9.91. The molecule has 1 aliphatic heterocycles. The fraction of sp³-hybridized carbons (Fsp3) is 0.500. The van der Waals surface area contributed by atoms with Crippen molar-refractivity contribution in [3.8, 4) is 0 Å². The molecule has 14 heavy (non-hydrogen) atoms. The van der Waals surface area contributed by atoms with Gasteiger partial charge in [0.15, 0.2) is 0 Å². The second-order valence-corrected chi connectivity index (χ2v) is 3.84. The zero-order valence-electron chi connectivity index (χ0n) is 8.48. The summed E-state index contributed by atoms with van der Waals surface area (Å²) in [5.74, 6) is 0.318. The number of epoxide rings is 1. The topological polar surface area (TPSA) is 21.8 Å². The molecule has 0 aromatic heterocycles. The van der Waals surface area contributed by atoms with E-state index < -0.39 is 0 Å². The van der Waals surface area contributed by atoms with Crippen molar-refractivity contribution in [2.24, 2.45) is 5.92 Å². The largest absolute Gasteiger partial charge is 0.375 e. The molecule has 1 fully saturated rings. The molecule has 0 aromatic rings. The molecule has 1 aliphatic carbocycles. The summed E-state index contributed by atoms with van der Waals surface area (Å²) in [5.41, 5.74) is 1.12. The number of ether oxygens (including phenoxy) is 2. The number of hydrogen-bond acceptors (Lipinski definition) is 2. The van der Waals surface area contributed by atoms with Gasteiger partial charge in [0, 0.05) is 5.92 Å². The highest BCUT2D eigenvalue weighted by molar-refractivity contribution is 5.31. The van der Waals surface area contributed by atoms with Gasteiger partial charge in [-0.25, -0.2) is 0 Å². The third-order valence-electron chi connectivity index (χ3n) is 2.62. The molecule has 0 saturated carbocycles. The summed E-state index contributed by atoms with van der Waals surface area (Å²) < 4.78 is 10.8. The van der Waals surface area contributed by atoms with Crippen LogP contribution in [0.4, 0.5) is 0 Å². The van der Waals surface area contributed by atoms with Crippen molar-refractivity contribution in [3.63, 3.8) is 0 Å². The summed E-state index contributed by atoms with van der Waals surface area (Å²) in [5, 5.41) is 0. The predicted molar refractivity (Wildman–Crippen MR) is 56.1 cm³/mol. The predicted octanol–water partition coefficient (Wildman–Crippen LogP) is 2.09. The van der Waals surface area contributed by atoms with Crippen molar-refractivity contribution in [3.05, 3.63) is 36.5 Å². The molecular weight excluding hydrogens is 176 g/mol. The van der Waals surface area contributed by atoms with Gasteiger partial charge in [0.05, 0.1) is 19.3 Å². The first-order valence-corrected chi connectivity index (χ1v) is 5.04. The van der Waals surface area contributed by atoms with Gasteiger partial charge in [-0.3, -0.25) is 0 Å². The minimum Gasteiger partial charge on any atom is -0.375 e. The lowest BCUT2D eigenvalue weighted by molar-refractivity contribution is 0.0377. The first kappa shape index (κ1) is 9.69. The molecule has 0 spiro atoms. The van der Waals surface area contributed by atoms with E-state index in [0.717, 1.165) is 12.2 Å². The summed E-state index contributed by atoms with van der Waals surface area (Å²) in [6, 6.07) is 0. The second kappa shape index (κ2) is 4.11. The molecular formula is C12H16O2. The molecule has 0 bridgehead atoms. The molecule has 1 heterocycles. The maximum Gasteiger partial charge on any atom is 0.104 e. The standard InChI is InChI=1S/C12H16O2/c1-9-5-3-4-6-12(9)10(2)13-7-11-8-14-11/h3-6,10-12H,1,7-8H2,2H3. The fourth-order valence-corrected chi connectivity index (χ4v) is 1.58. The van der Waals surface area contributed by atoms with E-state index in [0.29, 0.717) is 18.6 Å². The van der Waals surface area contributed by atoms with Gasteiger partial charge in [0.1, 0.15) is 6.10 Å². The minimum absolute atomic E-state index is 0.188. The van der Waals surface area contributed by atoms with E-state index in [1.165, 1.54) is 0 Å². The maximum atomic E-state index is 5.70. The van der Waals surface area contributed by atoms with Crippen molar-refractivity contribution in [2.45, 2.75) is 19.1 Å². The summed E-state index contributed by atoms with van der Waals surface area (Å²) >= 11 is 0. The summed E-state index contributed by atoms with van der Waals surface area (Å²) in [4.78, 5) is 0. The van der Waals surface area contributed by atoms with Crippen molar-refractivity contribution in [1.29, 1.82) is 0 Å². The summed E-state index contributed by atoms with van der Waals surface area (Å²) in [6.07, 6.45) is 8.77. The van der Waals surface area contributed by atoms with Crippen molar-refractivity contribution in [1.82, 2.24) is 0 Å². The van der Waals surface area contributed by atoms with Crippen LogP contribution in [0.15, 0.2) is 36.5 Å². The molecule has 3 atom stereocenters. The lowest BCUT2D eigenvalue weighted by Crippen LogP contribution is -2.23. The van der Waals surface area contributed by atoms with E-state index in [9.17, 15) is 0 Å². The Morgan fingerprint density at radius 2 is 2.43 bits per heavy atom. The highest BCUT2D eigenvalue weighted by atomic mass is 16.6. The van der Waals surface area contributed by atoms with Gasteiger partial charge >= 0.3 is 0 Å². The van der Waals surface area contributed by atoms with Gasteiger partial charge in [-0.15, -0.1) is 0 Å². The van der Waals surface area contributed by atoms with Crippen LogP contribution in [0.25, 0.3) is 0 Å². The van der Waals surface area contributed by atoms with E-state index in [-0.39, 0.29) is 6.10 Å². The molecule has 0 amide bonds. The van der Waals surface area contributed by atoms with Crippen LogP contribution in [0, 0.1) is 5.92 Å². The van der Waals surface area contributed by atoms with Crippen LogP contribution in [0.2, 0.25) is 0 Å². The molecule has 0 radical (unpaired) electrons. The minimum atomic E-state index is 0.188. The molecule has 76 valence electrons. The number of rotatable bonds is 4. The van der Waals surface area contributed by atoms with E-state index >= 15 is 0 Å². The van der Waals surface area contributed by atoms with Crippen molar-refractivity contribution < 1.29 is 9.47 Å². The van der Waals surface area contributed by atoms with Crippen LogP contribution in [-0.4, -0.2) is 25.4 Å². The quantitative estimate of drug-likeness (QED) is 0.636. The van der Waals surface area contributed by atoms with E-state index in [4.69, 9.17) is 9.47 Å². The van der Waals surface area contributed by atoms with Gasteiger partial charge in [-0.2, -0.15) is 0 Å². The normalized spacial score (nSPS) is 31.9. The van der Waals surface area contributed by atoms with Crippen LogP contribution in [0.3, 0.4) is 0 Å². The first-order chi connectivity index (χ1) is 6.77. The van der Waals surface area contributed by atoms with E-state index in [1.807, 2.05) is 18.2 Å². The van der Waals surface area contributed by atoms with Gasteiger partial charge < -0.3 is 9.47 Å². The van der Waals surface area contributed by atoms with Gasteiger partial charge in [0.2, 0.25) is 0 Å². The summed E-state index contributed by atoms with van der Waals surface area (Å²) in [7, 11) is 0. The monoisotopic (exact) mass is 192 g/mol. The Kier molecular flexibility index (Phi) is 2.85. The zero-order valence-corrected chi connectivity index (χ0v) is 8.48. The lowest BCUT2D eigenvalue weighted by Gasteiger charge is -2.23. The molecule has 2 aliphatic rings. The van der Waals surface area contributed by atoms with Crippen LogP contribution >= 0.6 is 0 Å². The third kappa shape index (κ3) is 2.34. The Morgan fingerprint density at radius 1 is 1.64 bits per heavy atom. The van der Waals surface area contributed by atoms with Crippen LogP contribution in [0.5, 0.6) is 0 Å². The Labute approximate surface area is 84.9 Å². The second-order valence-electron chi connectivity index (χ2n) is 3.84. The van der Waals surface area contributed by atoms with Crippen molar-refractivity contribution >= 4 is 0 Å². The van der Waals surface area contributed by atoms with Gasteiger partial charge in [-0.05, 0) is 12.5 Å². The van der Waals surface area contributed by atoms with Crippen LogP contribution < -0.4 is 0 Å². The Hall–Kier alpha value is -0.860. The fourth-order valence-electron chi connectivity index (χ4n) is 1.58. The average molecular weight is 192 g/mol. The Morgan fingerprint density at radius 3 is 3.07 bits per heavy atom. The first-order valence-electron chi connectivity index (χ1n) is 5.04. The number of hydrogen-bond donors (Lipinski definition) is 0. The smallest absolute Gasteiger partial charge is 0.104 e. The van der Waals surface area contributed by atoms with Crippen molar-refractivity contribution in [2.75, 3.05) is 13.2 Å². The van der Waals surface area contributed by atoms with Crippen LogP contribution in [-0.2, 0) is 9.47 Å². The number of allylic oxidation sites excluding steroid dienone is 3. The average Bonchev–Trinajstić information content (AvgIpc) is 2.98. The molecule has 2 nitrogen and oxygen atoms in total. The Balaban J connectivity index is 1.83. The van der Waals surface area contributed by atoms with Gasteiger partial charge in [-0.1, -0.05) is 30.9 Å². The highest BCUT2D eigenvalue weighted by Gasteiger charge is 2.25. The maximum absolute atomic E-state index is 5.70. The molecule has 1 saturated heterocycles. The molecule has 3 unspecified atom stereocenters. The SMILES string of the molecule is C=C1C=CC=CC1C(C)OCC1CO1. The highest BCUT2D eigenvalue weighted by Crippen LogP contribution is 2.23. The summed E-state index contributed by atoms with van der Waals surface area (Å²) in [6.45, 7) is 7.66. The molecule has 2 heteroatoms. The Bertz CT molecular complexity index is 274. The molecule has 0 N–H and O–H groups in total. The van der Waals surface area contributed by atoms with Gasteiger partial charge in [0.25, 0.3) is 0 Å². The molecule has 2 rings (SSSR count). The zero-order chi connectivity index (χ0) is 9.97. The van der Waals surface area contributed by atoms with E-state index in [2.05, 4.69) is 19.6 Å². The molecule has 0 aromatic carbocycles. The van der Waals surface area contributed by atoms with Crippen LogP contribution in [0.1, 0.15) is 6.92 Å². The van der Waals surface area contributed by atoms with E-state index in [1.54, 1.807) is 0 Å². The third-order valence-corrected chi connectivity index (χ3v) is 2.62.